The molecular formula is C13H13ClN2O5S. The predicted octanol–water partition coefficient (Wildman–Crippen LogP) is 1.08. The Morgan fingerprint density at radius 1 is 1.55 bits per heavy atom. The maximum atomic E-state index is 12.7. The van der Waals surface area contributed by atoms with Crippen LogP contribution in [-0.4, -0.2) is 49.6 Å². The van der Waals surface area contributed by atoms with Crippen molar-refractivity contribution in [3.63, 3.8) is 0 Å². The van der Waals surface area contributed by atoms with E-state index in [0.29, 0.717) is 0 Å². The van der Waals surface area contributed by atoms with Crippen molar-refractivity contribution in [2.75, 3.05) is 19.7 Å². The first kappa shape index (κ1) is 16.7. The molecule has 9 heteroatoms. The summed E-state index contributed by atoms with van der Waals surface area (Å²) in [5.74, 6) is -1.07. The Hall–Kier alpha value is -1.66. The molecule has 118 valence electrons. The Morgan fingerprint density at radius 3 is 2.91 bits per heavy atom. The first-order valence-electron chi connectivity index (χ1n) is 6.38. The molecule has 1 saturated heterocycles. The lowest BCUT2D eigenvalue weighted by Gasteiger charge is -2.31. The van der Waals surface area contributed by atoms with Gasteiger partial charge in [-0.25, -0.2) is 8.42 Å². The van der Waals surface area contributed by atoms with Crippen molar-refractivity contribution < 1.29 is 23.1 Å². The molecule has 0 spiro atoms. The van der Waals surface area contributed by atoms with Crippen LogP contribution >= 0.6 is 11.6 Å². The molecule has 0 amide bonds. The number of hydrogen-bond acceptors (Lipinski definition) is 5. The SMILES string of the molecule is N#Cc1ccc(Cl)cc1S(=O)(=O)N1CCOC(CC(=O)O)C1. The lowest BCUT2D eigenvalue weighted by Crippen LogP contribution is -2.46. The minimum atomic E-state index is -3.94. The molecule has 1 fully saturated rings. The summed E-state index contributed by atoms with van der Waals surface area (Å²) >= 11 is 5.82. The fourth-order valence-electron chi connectivity index (χ4n) is 2.17. The number of sulfonamides is 1. The maximum absolute atomic E-state index is 12.7. The molecule has 2 rings (SSSR count). The van der Waals surface area contributed by atoms with Gasteiger partial charge in [0, 0.05) is 18.1 Å². The average Bonchev–Trinajstić information content (AvgIpc) is 2.46. The van der Waals surface area contributed by atoms with Crippen molar-refractivity contribution in [2.45, 2.75) is 17.4 Å². The number of rotatable bonds is 4. The zero-order valence-electron chi connectivity index (χ0n) is 11.4. The van der Waals surface area contributed by atoms with E-state index in [2.05, 4.69) is 0 Å². The van der Waals surface area contributed by atoms with Crippen LogP contribution in [0.2, 0.25) is 5.02 Å². The van der Waals surface area contributed by atoms with Crippen LogP contribution in [0.5, 0.6) is 0 Å². The summed E-state index contributed by atoms with van der Waals surface area (Å²) in [6.45, 7) is 0.113. The molecule has 0 radical (unpaired) electrons. The van der Waals surface area contributed by atoms with E-state index in [0.717, 1.165) is 4.31 Å². The van der Waals surface area contributed by atoms with Crippen molar-refractivity contribution >= 4 is 27.6 Å². The number of benzene rings is 1. The third-order valence-electron chi connectivity index (χ3n) is 3.19. The molecule has 1 aliphatic rings. The molecule has 0 aromatic heterocycles. The van der Waals surface area contributed by atoms with Gasteiger partial charge in [-0.2, -0.15) is 9.57 Å². The van der Waals surface area contributed by atoms with Crippen LogP contribution in [0.1, 0.15) is 12.0 Å². The van der Waals surface area contributed by atoms with Crippen molar-refractivity contribution in [3.05, 3.63) is 28.8 Å². The van der Waals surface area contributed by atoms with Gasteiger partial charge in [0.2, 0.25) is 10.0 Å². The van der Waals surface area contributed by atoms with Crippen molar-refractivity contribution in [2.24, 2.45) is 0 Å². The molecule has 1 unspecified atom stereocenters. The second-order valence-electron chi connectivity index (χ2n) is 4.71. The predicted molar refractivity (Wildman–Crippen MR) is 76.9 cm³/mol. The summed E-state index contributed by atoms with van der Waals surface area (Å²) in [6, 6.07) is 5.81. The minimum absolute atomic E-state index is 0.00863. The molecule has 0 saturated carbocycles. The van der Waals surface area contributed by atoms with Gasteiger partial charge in [-0.15, -0.1) is 0 Å². The fourth-order valence-corrected chi connectivity index (χ4v) is 4.03. The first-order valence-corrected chi connectivity index (χ1v) is 8.19. The van der Waals surface area contributed by atoms with E-state index in [1.165, 1.54) is 18.2 Å². The highest BCUT2D eigenvalue weighted by atomic mass is 35.5. The topological polar surface area (TPSA) is 108 Å². The van der Waals surface area contributed by atoms with Crippen LogP contribution in [0, 0.1) is 11.3 Å². The Kier molecular flexibility index (Phi) is 5.03. The number of aliphatic carboxylic acids is 1. The summed E-state index contributed by atoms with van der Waals surface area (Å²) in [5, 5.41) is 18.0. The highest BCUT2D eigenvalue weighted by Gasteiger charge is 2.33. The average molecular weight is 345 g/mol. The first-order chi connectivity index (χ1) is 10.3. The van der Waals surface area contributed by atoms with E-state index in [9.17, 15) is 13.2 Å². The van der Waals surface area contributed by atoms with Gasteiger partial charge >= 0.3 is 5.97 Å². The zero-order valence-corrected chi connectivity index (χ0v) is 13.0. The van der Waals surface area contributed by atoms with Gasteiger partial charge in [0.05, 0.1) is 24.7 Å². The summed E-state index contributed by atoms with van der Waals surface area (Å²) in [6.07, 6.45) is -1.00. The van der Waals surface area contributed by atoms with Crippen molar-refractivity contribution in [1.29, 1.82) is 5.26 Å². The van der Waals surface area contributed by atoms with E-state index < -0.39 is 22.1 Å². The zero-order chi connectivity index (χ0) is 16.3. The van der Waals surface area contributed by atoms with Gasteiger partial charge < -0.3 is 9.84 Å². The minimum Gasteiger partial charge on any atom is -0.481 e. The third kappa shape index (κ3) is 3.56. The van der Waals surface area contributed by atoms with Gasteiger partial charge in [-0.3, -0.25) is 4.79 Å². The smallest absolute Gasteiger partial charge is 0.306 e. The number of hydrogen-bond donors (Lipinski definition) is 1. The second-order valence-corrected chi connectivity index (χ2v) is 7.05. The van der Waals surface area contributed by atoms with E-state index in [1.807, 2.05) is 6.07 Å². The molecule has 1 heterocycles. The number of morpholine rings is 1. The van der Waals surface area contributed by atoms with Crippen LogP contribution in [0.15, 0.2) is 23.1 Å². The molecule has 1 atom stereocenters. The lowest BCUT2D eigenvalue weighted by atomic mass is 10.2. The van der Waals surface area contributed by atoms with Gasteiger partial charge in [-0.05, 0) is 18.2 Å². The van der Waals surface area contributed by atoms with E-state index >= 15 is 0 Å². The van der Waals surface area contributed by atoms with Crippen molar-refractivity contribution in [1.82, 2.24) is 4.31 Å². The third-order valence-corrected chi connectivity index (χ3v) is 5.33. The van der Waals surface area contributed by atoms with Gasteiger partial charge in [0.25, 0.3) is 0 Å². The number of halogens is 1. The van der Waals surface area contributed by atoms with Crippen LogP contribution in [0.4, 0.5) is 0 Å². The van der Waals surface area contributed by atoms with E-state index in [1.54, 1.807) is 0 Å². The number of nitriles is 1. The normalized spacial score (nSPS) is 19.5. The Bertz CT molecular complexity index is 728. The highest BCUT2D eigenvalue weighted by molar-refractivity contribution is 7.89. The Morgan fingerprint density at radius 2 is 2.27 bits per heavy atom. The van der Waals surface area contributed by atoms with E-state index in [4.69, 9.17) is 26.7 Å². The number of carboxylic acids is 1. The largest absolute Gasteiger partial charge is 0.481 e. The number of nitrogens with zero attached hydrogens (tertiary/aromatic N) is 2. The monoisotopic (exact) mass is 344 g/mol. The lowest BCUT2D eigenvalue weighted by molar-refractivity contribution is -0.141. The maximum Gasteiger partial charge on any atom is 0.306 e. The second kappa shape index (κ2) is 6.62. The molecule has 0 aliphatic carbocycles. The summed E-state index contributed by atoms with van der Waals surface area (Å²) in [7, 11) is -3.94. The van der Waals surface area contributed by atoms with Crippen LogP contribution in [0.25, 0.3) is 0 Å². The van der Waals surface area contributed by atoms with E-state index in [-0.39, 0.29) is 41.6 Å². The van der Waals surface area contributed by atoms with Crippen LogP contribution in [-0.2, 0) is 19.6 Å². The molecule has 1 aromatic rings. The quantitative estimate of drug-likeness (QED) is 0.875. The molecular weight excluding hydrogens is 332 g/mol. The summed E-state index contributed by atoms with van der Waals surface area (Å²) in [4.78, 5) is 10.5. The Balaban J connectivity index is 2.32. The molecule has 1 N–H and O–H groups in total. The van der Waals surface area contributed by atoms with Crippen LogP contribution in [0.3, 0.4) is 0 Å². The van der Waals surface area contributed by atoms with Gasteiger partial charge in [0.15, 0.2) is 0 Å². The van der Waals surface area contributed by atoms with Crippen LogP contribution < -0.4 is 0 Å². The number of carboxylic acid groups (broad SMARTS) is 1. The highest BCUT2D eigenvalue weighted by Crippen LogP contribution is 2.25. The number of ether oxygens (including phenoxy) is 1. The fraction of sp³-hybridized carbons (Fsp3) is 0.385. The summed E-state index contributed by atoms with van der Waals surface area (Å²) in [5.41, 5.74) is -0.00863. The molecule has 7 nitrogen and oxygen atoms in total. The Labute approximate surface area is 132 Å². The molecule has 0 bridgehead atoms. The van der Waals surface area contributed by atoms with Gasteiger partial charge in [-0.1, -0.05) is 11.6 Å². The molecule has 1 aliphatic heterocycles. The molecule has 22 heavy (non-hydrogen) atoms. The van der Waals surface area contributed by atoms with Gasteiger partial charge in [0.1, 0.15) is 11.0 Å². The summed E-state index contributed by atoms with van der Waals surface area (Å²) < 4.78 is 31.7. The number of carbonyl (C=O) groups is 1. The van der Waals surface area contributed by atoms with Crippen molar-refractivity contribution in [3.8, 4) is 6.07 Å². The standard InChI is InChI=1S/C13H13ClN2O5S/c14-10-2-1-9(7-15)12(5-10)22(19,20)16-3-4-21-11(8-16)6-13(17)18/h1-2,5,11H,3-4,6,8H2,(H,17,18). The molecule has 1 aromatic carbocycles.